The number of thiazole rings is 1. The molecule has 0 aliphatic carbocycles. The zero-order valence-electron chi connectivity index (χ0n) is 9.18. The molecule has 1 N–H and O–H groups in total. The van der Waals surface area contributed by atoms with E-state index in [9.17, 15) is 4.79 Å². The third kappa shape index (κ3) is 2.78. The molecule has 0 bridgehead atoms. The van der Waals surface area contributed by atoms with Crippen LogP contribution in [0.4, 0.5) is 5.13 Å². The molecular formula is C10H15N3O2S. The van der Waals surface area contributed by atoms with Crippen LogP contribution in [0.15, 0.2) is 11.6 Å². The van der Waals surface area contributed by atoms with Gasteiger partial charge < -0.3 is 10.1 Å². The first-order chi connectivity index (χ1) is 7.77. The number of anilines is 1. The third-order valence-corrected chi connectivity index (χ3v) is 3.32. The molecule has 88 valence electrons. The van der Waals surface area contributed by atoms with Crippen molar-refractivity contribution < 1.29 is 9.53 Å². The van der Waals surface area contributed by atoms with E-state index in [0.29, 0.717) is 18.3 Å². The van der Waals surface area contributed by atoms with Gasteiger partial charge in [0, 0.05) is 24.7 Å². The van der Waals surface area contributed by atoms with Crippen LogP contribution in [0.3, 0.4) is 0 Å². The summed E-state index contributed by atoms with van der Waals surface area (Å²) >= 11 is 1.43. The van der Waals surface area contributed by atoms with Crippen molar-refractivity contribution in [3.63, 3.8) is 0 Å². The van der Waals surface area contributed by atoms with Gasteiger partial charge in [0.05, 0.1) is 19.3 Å². The number of hydrogen-bond acceptors (Lipinski definition) is 5. The van der Waals surface area contributed by atoms with Gasteiger partial charge in [-0.15, -0.1) is 11.3 Å². The van der Waals surface area contributed by atoms with Crippen molar-refractivity contribution in [1.82, 2.24) is 9.88 Å². The summed E-state index contributed by atoms with van der Waals surface area (Å²) < 4.78 is 5.25. The van der Waals surface area contributed by atoms with E-state index in [1.807, 2.05) is 12.3 Å². The van der Waals surface area contributed by atoms with Crippen LogP contribution in [0.25, 0.3) is 0 Å². The number of amides is 1. The molecule has 0 radical (unpaired) electrons. The zero-order valence-corrected chi connectivity index (χ0v) is 10.00. The van der Waals surface area contributed by atoms with E-state index >= 15 is 0 Å². The summed E-state index contributed by atoms with van der Waals surface area (Å²) in [5, 5.41) is 5.30. The first-order valence-electron chi connectivity index (χ1n) is 5.29. The first-order valence-corrected chi connectivity index (χ1v) is 6.17. The van der Waals surface area contributed by atoms with Gasteiger partial charge in [-0.05, 0) is 6.92 Å². The molecule has 1 aliphatic heterocycles. The minimum absolute atomic E-state index is 0.00292. The molecule has 0 spiro atoms. The molecule has 1 amide bonds. The van der Waals surface area contributed by atoms with Crippen molar-refractivity contribution in [3.05, 3.63) is 11.6 Å². The number of morpholine rings is 1. The van der Waals surface area contributed by atoms with Crippen molar-refractivity contribution in [3.8, 4) is 0 Å². The topological polar surface area (TPSA) is 54.5 Å². The average Bonchev–Trinajstić information content (AvgIpc) is 2.82. The Hall–Kier alpha value is -0.980. The Balaban J connectivity index is 1.88. The van der Waals surface area contributed by atoms with Crippen LogP contribution in [-0.2, 0) is 9.53 Å². The first kappa shape index (κ1) is 11.5. The predicted octanol–water partition coefficient (Wildman–Crippen LogP) is 0.802. The Kier molecular flexibility index (Phi) is 3.87. The van der Waals surface area contributed by atoms with Crippen molar-refractivity contribution >= 4 is 22.4 Å². The number of ether oxygens (including phenoxy) is 1. The van der Waals surface area contributed by atoms with Crippen molar-refractivity contribution in [2.24, 2.45) is 0 Å². The van der Waals surface area contributed by atoms with Gasteiger partial charge in [-0.2, -0.15) is 0 Å². The number of hydrogen-bond donors (Lipinski definition) is 1. The number of rotatable bonds is 3. The van der Waals surface area contributed by atoms with E-state index in [-0.39, 0.29) is 11.9 Å². The highest BCUT2D eigenvalue weighted by molar-refractivity contribution is 7.13. The number of carbonyl (C=O) groups excluding carboxylic acids is 1. The molecule has 1 unspecified atom stereocenters. The van der Waals surface area contributed by atoms with Gasteiger partial charge in [-0.1, -0.05) is 0 Å². The fourth-order valence-corrected chi connectivity index (χ4v) is 2.16. The maximum atomic E-state index is 11.9. The zero-order chi connectivity index (χ0) is 11.4. The molecule has 2 rings (SSSR count). The molecule has 1 saturated heterocycles. The molecule has 1 aliphatic rings. The molecule has 0 saturated carbocycles. The van der Waals surface area contributed by atoms with Gasteiger partial charge in [0.15, 0.2) is 5.13 Å². The van der Waals surface area contributed by atoms with Gasteiger partial charge in [-0.25, -0.2) is 4.98 Å². The lowest BCUT2D eigenvalue weighted by molar-refractivity contribution is -0.122. The molecule has 1 fully saturated rings. The van der Waals surface area contributed by atoms with Gasteiger partial charge in [0.2, 0.25) is 5.91 Å². The minimum Gasteiger partial charge on any atom is -0.379 e. The summed E-state index contributed by atoms with van der Waals surface area (Å²) in [6.07, 6.45) is 1.68. The summed E-state index contributed by atoms with van der Waals surface area (Å²) in [7, 11) is 0. The molecule has 1 aromatic rings. The van der Waals surface area contributed by atoms with E-state index in [1.165, 1.54) is 11.3 Å². The number of carbonyl (C=O) groups is 1. The Labute approximate surface area is 98.4 Å². The molecule has 1 aromatic heterocycles. The standard InChI is InChI=1S/C10H15N3O2S/c1-8(13-3-5-15-6-4-13)9(14)12-10-11-2-7-16-10/h2,7-8H,3-6H2,1H3,(H,11,12,14). The van der Waals surface area contributed by atoms with Crippen LogP contribution in [0.1, 0.15) is 6.92 Å². The van der Waals surface area contributed by atoms with Crippen LogP contribution < -0.4 is 5.32 Å². The third-order valence-electron chi connectivity index (χ3n) is 2.64. The van der Waals surface area contributed by atoms with Gasteiger partial charge in [0.25, 0.3) is 0 Å². The van der Waals surface area contributed by atoms with Crippen LogP contribution in [0.2, 0.25) is 0 Å². The normalized spacial score (nSPS) is 19.3. The van der Waals surface area contributed by atoms with Crippen LogP contribution in [0.5, 0.6) is 0 Å². The highest BCUT2D eigenvalue weighted by Crippen LogP contribution is 2.12. The Morgan fingerprint density at radius 3 is 3.00 bits per heavy atom. The van der Waals surface area contributed by atoms with Crippen LogP contribution in [0, 0.1) is 0 Å². The fraction of sp³-hybridized carbons (Fsp3) is 0.600. The Bertz CT molecular complexity index is 336. The SMILES string of the molecule is CC(C(=O)Nc1nccs1)N1CCOCC1. The van der Waals surface area contributed by atoms with E-state index < -0.39 is 0 Å². The summed E-state index contributed by atoms with van der Waals surface area (Å²) in [6.45, 7) is 4.94. The Morgan fingerprint density at radius 1 is 1.62 bits per heavy atom. The second kappa shape index (κ2) is 5.38. The Morgan fingerprint density at radius 2 is 2.38 bits per heavy atom. The van der Waals surface area contributed by atoms with E-state index in [1.54, 1.807) is 6.20 Å². The summed E-state index contributed by atoms with van der Waals surface area (Å²) in [5.74, 6) is -0.00292. The van der Waals surface area contributed by atoms with Crippen LogP contribution in [-0.4, -0.2) is 48.1 Å². The lowest BCUT2D eigenvalue weighted by Crippen LogP contribution is -2.47. The largest absolute Gasteiger partial charge is 0.379 e. The molecule has 2 heterocycles. The highest BCUT2D eigenvalue weighted by atomic mass is 32.1. The van der Waals surface area contributed by atoms with E-state index in [0.717, 1.165) is 13.1 Å². The number of nitrogens with zero attached hydrogens (tertiary/aromatic N) is 2. The smallest absolute Gasteiger partial charge is 0.243 e. The van der Waals surface area contributed by atoms with Crippen molar-refractivity contribution in [2.45, 2.75) is 13.0 Å². The minimum atomic E-state index is -0.132. The predicted molar refractivity (Wildman–Crippen MR) is 62.6 cm³/mol. The molecule has 6 heteroatoms. The quantitative estimate of drug-likeness (QED) is 0.850. The van der Waals surface area contributed by atoms with Gasteiger partial charge in [0.1, 0.15) is 0 Å². The van der Waals surface area contributed by atoms with Gasteiger partial charge in [-0.3, -0.25) is 9.69 Å². The molecule has 16 heavy (non-hydrogen) atoms. The molecule has 0 aromatic carbocycles. The number of nitrogens with one attached hydrogen (secondary N) is 1. The summed E-state index contributed by atoms with van der Waals surface area (Å²) in [6, 6.07) is -0.132. The van der Waals surface area contributed by atoms with Crippen LogP contribution >= 0.6 is 11.3 Å². The maximum absolute atomic E-state index is 11.9. The monoisotopic (exact) mass is 241 g/mol. The molecule has 5 nitrogen and oxygen atoms in total. The van der Waals surface area contributed by atoms with Gasteiger partial charge >= 0.3 is 0 Å². The lowest BCUT2D eigenvalue weighted by atomic mass is 10.2. The van der Waals surface area contributed by atoms with E-state index in [4.69, 9.17) is 4.74 Å². The lowest BCUT2D eigenvalue weighted by Gasteiger charge is -2.31. The van der Waals surface area contributed by atoms with E-state index in [2.05, 4.69) is 15.2 Å². The average molecular weight is 241 g/mol. The maximum Gasteiger partial charge on any atom is 0.243 e. The molecule has 1 atom stereocenters. The summed E-state index contributed by atoms with van der Waals surface area (Å²) in [5.41, 5.74) is 0. The second-order valence-corrected chi connectivity index (χ2v) is 4.55. The highest BCUT2D eigenvalue weighted by Gasteiger charge is 2.23. The fourth-order valence-electron chi connectivity index (χ4n) is 1.63. The molecular weight excluding hydrogens is 226 g/mol. The second-order valence-electron chi connectivity index (χ2n) is 3.65. The van der Waals surface area contributed by atoms with Crippen molar-refractivity contribution in [2.75, 3.05) is 31.6 Å². The van der Waals surface area contributed by atoms with Crippen molar-refractivity contribution in [1.29, 1.82) is 0 Å². The summed E-state index contributed by atoms with van der Waals surface area (Å²) in [4.78, 5) is 18.0. The number of aromatic nitrogens is 1.